The van der Waals surface area contributed by atoms with Gasteiger partial charge in [0.25, 0.3) is 0 Å². The van der Waals surface area contributed by atoms with E-state index in [2.05, 4.69) is 20.9 Å². The molecule has 0 radical (unpaired) electrons. The van der Waals surface area contributed by atoms with E-state index in [-0.39, 0.29) is 30.5 Å². The summed E-state index contributed by atoms with van der Waals surface area (Å²) in [4.78, 5) is 16.2. The first-order valence-corrected chi connectivity index (χ1v) is 8.00. The Morgan fingerprint density at radius 2 is 1.70 bits per heavy atom. The summed E-state index contributed by atoms with van der Waals surface area (Å²) < 4.78 is 39.6. The van der Waals surface area contributed by atoms with E-state index in [0.717, 1.165) is 17.7 Å². The summed E-state index contributed by atoms with van der Waals surface area (Å²) in [6, 6.07) is 11.2. The number of nitrogens with zero attached hydrogens (tertiary/aromatic N) is 1. The van der Waals surface area contributed by atoms with Gasteiger partial charge in [-0.15, -0.1) is 24.0 Å². The molecule has 0 unspecified atom stereocenters. The van der Waals surface area contributed by atoms with E-state index in [1.807, 2.05) is 37.3 Å². The van der Waals surface area contributed by atoms with E-state index in [1.165, 1.54) is 0 Å². The molecule has 0 fully saturated rings. The average molecular weight is 492 g/mol. The number of hydrogen-bond donors (Lipinski definition) is 3. The maximum absolute atomic E-state index is 13.6. The number of hydrogen-bond acceptors (Lipinski definition) is 2. The number of rotatable bonds is 6. The Balaban J connectivity index is 0.00000364. The lowest BCUT2D eigenvalue weighted by Crippen LogP contribution is -2.41. The summed E-state index contributed by atoms with van der Waals surface area (Å²) in [5.74, 6) is -4.62. The molecule has 0 aliphatic heterocycles. The van der Waals surface area contributed by atoms with Crippen LogP contribution >= 0.6 is 24.0 Å². The number of amides is 1. The Morgan fingerprint density at radius 3 is 2.37 bits per heavy atom. The molecule has 0 aliphatic carbocycles. The predicted octanol–water partition coefficient (Wildman–Crippen LogP) is 3.42. The third-order valence-electron chi connectivity index (χ3n) is 3.33. The van der Waals surface area contributed by atoms with Gasteiger partial charge in [0.2, 0.25) is 5.91 Å². The van der Waals surface area contributed by atoms with Crippen LogP contribution in [0, 0.1) is 17.5 Å². The molecule has 0 spiro atoms. The molecule has 2 aromatic rings. The van der Waals surface area contributed by atoms with Crippen LogP contribution in [0.5, 0.6) is 0 Å². The highest BCUT2D eigenvalue weighted by Gasteiger charge is 2.15. The zero-order valence-corrected chi connectivity index (χ0v) is 16.9. The number of carbonyl (C=O) groups is 1. The number of halogens is 4. The first kappa shape index (κ1) is 22.7. The monoisotopic (exact) mass is 492 g/mol. The van der Waals surface area contributed by atoms with Gasteiger partial charge < -0.3 is 16.0 Å². The van der Waals surface area contributed by atoms with Crippen LogP contribution in [-0.2, 0) is 11.3 Å². The minimum atomic E-state index is -1.63. The summed E-state index contributed by atoms with van der Waals surface area (Å²) in [6.45, 7) is 2.64. The molecule has 0 heterocycles. The second kappa shape index (κ2) is 11.4. The average Bonchev–Trinajstić information content (AvgIpc) is 2.65. The molecule has 0 atom stereocenters. The molecule has 2 aromatic carbocycles. The van der Waals surface area contributed by atoms with Gasteiger partial charge in [-0.25, -0.2) is 18.2 Å². The molecule has 9 heteroatoms. The van der Waals surface area contributed by atoms with E-state index in [1.54, 1.807) is 0 Å². The van der Waals surface area contributed by atoms with Gasteiger partial charge in [0.1, 0.15) is 0 Å². The van der Waals surface area contributed by atoms with Crippen molar-refractivity contribution in [3.05, 3.63) is 65.5 Å². The number of guanidine groups is 1. The lowest BCUT2D eigenvalue weighted by molar-refractivity contribution is -0.115. The van der Waals surface area contributed by atoms with E-state index in [4.69, 9.17) is 0 Å². The highest BCUT2D eigenvalue weighted by atomic mass is 127. The van der Waals surface area contributed by atoms with E-state index in [9.17, 15) is 18.0 Å². The minimum absolute atomic E-state index is 0. The molecule has 2 rings (SSSR count). The number of nitrogens with one attached hydrogen (secondary N) is 3. The molecular formula is C18H20F3IN4O. The summed E-state index contributed by atoms with van der Waals surface area (Å²) >= 11 is 0. The van der Waals surface area contributed by atoms with Gasteiger partial charge in [0.15, 0.2) is 23.4 Å². The molecule has 146 valence electrons. The molecule has 5 nitrogen and oxygen atoms in total. The maximum Gasteiger partial charge on any atom is 0.243 e. The standard InChI is InChI=1S/C18H19F3N4O.HI/c1-2-22-18(23-10-12-6-4-3-5-7-12)24-11-15(26)25-14-9-8-13(19)16(20)17(14)21;/h3-9H,2,10-11H2,1H3,(H,25,26)(H2,22,23,24);1H. The smallest absolute Gasteiger partial charge is 0.243 e. The quantitative estimate of drug-likeness (QED) is 0.251. The van der Waals surface area contributed by atoms with Crippen molar-refractivity contribution in [3.8, 4) is 0 Å². The van der Waals surface area contributed by atoms with Crippen molar-refractivity contribution in [1.29, 1.82) is 0 Å². The van der Waals surface area contributed by atoms with Gasteiger partial charge >= 0.3 is 0 Å². The zero-order chi connectivity index (χ0) is 18.9. The summed E-state index contributed by atoms with van der Waals surface area (Å²) in [7, 11) is 0. The molecule has 0 saturated heterocycles. The van der Waals surface area contributed by atoms with Crippen molar-refractivity contribution in [1.82, 2.24) is 10.6 Å². The molecule has 0 saturated carbocycles. The van der Waals surface area contributed by atoms with Crippen molar-refractivity contribution in [2.75, 3.05) is 18.4 Å². The minimum Gasteiger partial charge on any atom is -0.357 e. The van der Waals surface area contributed by atoms with Crippen LogP contribution in [0.4, 0.5) is 18.9 Å². The largest absolute Gasteiger partial charge is 0.357 e. The Bertz CT molecular complexity index is 788. The molecule has 1 amide bonds. The third kappa shape index (κ3) is 7.08. The Morgan fingerprint density at radius 1 is 1.00 bits per heavy atom. The van der Waals surface area contributed by atoms with Crippen LogP contribution in [0.1, 0.15) is 12.5 Å². The zero-order valence-electron chi connectivity index (χ0n) is 14.6. The first-order valence-electron chi connectivity index (χ1n) is 8.00. The lowest BCUT2D eigenvalue weighted by Gasteiger charge is -2.12. The molecule has 27 heavy (non-hydrogen) atoms. The van der Waals surface area contributed by atoms with Crippen LogP contribution < -0.4 is 16.0 Å². The van der Waals surface area contributed by atoms with Crippen molar-refractivity contribution in [2.24, 2.45) is 4.99 Å². The second-order valence-electron chi connectivity index (χ2n) is 5.31. The fraction of sp³-hybridized carbons (Fsp3) is 0.222. The van der Waals surface area contributed by atoms with E-state index in [0.29, 0.717) is 19.0 Å². The Hall–Kier alpha value is -2.30. The van der Waals surface area contributed by atoms with Gasteiger partial charge in [-0.05, 0) is 24.6 Å². The molecule has 0 bridgehead atoms. The summed E-state index contributed by atoms with van der Waals surface area (Å²) in [5.41, 5.74) is 0.569. The van der Waals surface area contributed by atoms with Crippen LogP contribution in [0.2, 0.25) is 0 Å². The fourth-order valence-electron chi connectivity index (χ4n) is 2.08. The van der Waals surface area contributed by atoms with Crippen LogP contribution in [0.15, 0.2) is 47.5 Å². The van der Waals surface area contributed by atoms with Gasteiger partial charge in [0, 0.05) is 6.54 Å². The highest BCUT2D eigenvalue weighted by molar-refractivity contribution is 14.0. The van der Waals surface area contributed by atoms with E-state index >= 15 is 0 Å². The number of carbonyl (C=O) groups excluding carboxylic acids is 1. The van der Waals surface area contributed by atoms with Crippen molar-refractivity contribution >= 4 is 41.5 Å². The summed E-state index contributed by atoms with van der Waals surface area (Å²) in [6.07, 6.45) is 0. The topological polar surface area (TPSA) is 65.5 Å². The van der Waals surface area contributed by atoms with Crippen LogP contribution in [0.3, 0.4) is 0 Å². The fourth-order valence-corrected chi connectivity index (χ4v) is 2.08. The van der Waals surface area contributed by atoms with Crippen molar-refractivity contribution in [2.45, 2.75) is 13.5 Å². The van der Waals surface area contributed by atoms with Gasteiger partial charge in [-0.3, -0.25) is 4.79 Å². The maximum atomic E-state index is 13.6. The molecule has 3 N–H and O–H groups in total. The lowest BCUT2D eigenvalue weighted by atomic mass is 10.2. The second-order valence-corrected chi connectivity index (χ2v) is 5.31. The van der Waals surface area contributed by atoms with E-state index < -0.39 is 29.0 Å². The van der Waals surface area contributed by atoms with Crippen LogP contribution in [0.25, 0.3) is 0 Å². The number of anilines is 1. The van der Waals surface area contributed by atoms with Gasteiger partial charge in [-0.1, -0.05) is 30.3 Å². The number of benzene rings is 2. The highest BCUT2D eigenvalue weighted by Crippen LogP contribution is 2.19. The Labute approximate surface area is 172 Å². The predicted molar refractivity (Wildman–Crippen MR) is 110 cm³/mol. The normalized spacial score (nSPS) is 10.7. The molecule has 0 aliphatic rings. The van der Waals surface area contributed by atoms with Crippen LogP contribution in [-0.4, -0.2) is 25.0 Å². The van der Waals surface area contributed by atoms with Gasteiger partial charge in [0.05, 0.1) is 18.8 Å². The molecular weight excluding hydrogens is 472 g/mol. The van der Waals surface area contributed by atoms with Crippen molar-refractivity contribution < 1.29 is 18.0 Å². The summed E-state index contributed by atoms with van der Waals surface area (Å²) in [5, 5.41) is 7.95. The first-order chi connectivity index (χ1) is 12.5. The number of aliphatic imine (C=N–C) groups is 1. The van der Waals surface area contributed by atoms with Gasteiger partial charge in [-0.2, -0.15) is 0 Å². The molecule has 0 aromatic heterocycles. The SMILES string of the molecule is CCNC(=NCc1ccccc1)NCC(=O)Nc1ccc(F)c(F)c1F.I. The third-order valence-corrected chi connectivity index (χ3v) is 3.33. The Kier molecular flexibility index (Phi) is 9.62. The van der Waals surface area contributed by atoms with Crippen molar-refractivity contribution in [3.63, 3.8) is 0 Å².